The van der Waals surface area contributed by atoms with E-state index >= 15 is 0 Å². The maximum absolute atomic E-state index is 12.4. The molecule has 6 nitrogen and oxygen atoms in total. The average molecular weight is 368 g/mol. The predicted octanol–water partition coefficient (Wildman–Crippen LogP) is 1.37. The van der Waals surface area contributed by atoms with E-state index in [1.807, 2.05) is 32.8 Å². The van der Waals surface area contributed by atoms with Gasteiger partial charge in [-0.05, 0) is 35.9 Å². The number of nitrogens with one attached hydrogen (secondary N) is 1. The van der Waals surface area contributed by atoms with E-state index in [2.05, 4.69) is 20.7 Å². The second-order valence-corrected chi connectivity index (χ2v) is 7.69. The second-order valence-electron chi connectivity index (χ2n) is 5.29. The van der Waals surface area contributed by atoms with Crippen LogP contribution in [0.1, 0.15) is 19.6 Å². The van der Waals surface area contributed by atoms with E-state index in [-0.39, 0.29) is 28.1 Å². The highest BCUT2D eigenvalue weighted by Gasteiger charge is 2.27. The fourth-order valence-electron chi connectivity index (χ4n) is 1.72. The van der Waals surface area contributed by atoms with Crippen molar-refractivity contribution in [1.29, 1.82) is 0 Å². The Kier molecular flexibility index (Phi) is 6.21. The molecule has 0 saturated heterocycles. The molecule has 8 heteroatoms. The first kappa shape index (κ1) is 17.6. The van der Waals surface area contributed by atoms with Crippen molar-refractivity contribution in [1.82, 2.24) is 9.62 Å². The lowest BCUT2D eigenvalue weighted by molar-refractivity contribution is 0.314. The van der Waals surface area contributed by atoms with Crippen LogP contribution in [-0.4, -0.2) is 40.0 Å². The van der Waals surface area contributed by atoms with Crippen LogP contribution in [0.25, 0.3) is 0 Å². The van der Waals surface area contributed by atoms with Crippen molar-refractivity contribution in [2.24, 2.45) is 11.7 Å². The Hall–Kier alpha value is -0.410. The van der Waals surface area contributed by atoms with Gasteiger partial charge in [-0.1, -0.05) is 13.8 Å². The highest BCUT2D eigenvalue weighted by atomic mass is 79.9. The first-order valence-electron chi connectivity index (χ1n) is 6.32. The summed E-state index contributed by atoms with van der Waals surface area (Å²) in [6.07, 6.45) is 0. The molecule has 1 atom stereocenters. The predicted molar refractivity (Wildman–Crippen MR) is 81.8 cm³/mol. The van der Waals surface area contributed by atoms with E-state index in [9.17, 15) is 8.42 Å². The molecule has 1 heterocycles. The summed E-state index contributed by atoms with van der Waals surface area (Å²) < 4.78 is 33.0. The lowest BCUT2D eigenvalue weighted by atomic mass is 10.1. The number of nitrogens with zero attached hydrogens (tertiary/aromatic N) is 1. The first-order valence-corrected chi connectivity index (χ1v) is 8.60. The normalized spacial score (nSPS) is 14.2. The van der Waals surface area contributed by atoms with Gasteiger partial charge in [0, 0.05) is 18.7 Å². The smallest absolute Gasteiger partial charge is 0.245 e. The molecule has 1 aromatic rings. The Balaban J connectivity index is 3.00. The summed E-state index contributed by atoms with van der Waals surface area (Å²) in [6.45, 7) is 4.73. The number of nitrogens with two attached hydrogens (primary N) is 1. The number of hydrogen-bond acceptors (Lipinski definition) is 5. The summed E-state index contributed by atoms with van der Waals surface area (Å²) in [6, 6.07) is 1.26. The summed E-state index contributed by atoms with van der Waals surface area (Å²) >= 11 is 3.12. The molecule has 116 valence electrons. The molecule has 1 unspecified atom stereocenters. The Bertz CT molecular complexity index is 540. The Labute approximate surface area is 128 Å². The zero-order chi connectivity index (χ0) is 15.5. The number of furan rings is 1. The molecule has 0 aromatic carbocycles. The van der Waals surface area contributed by atoms with Crippen molar-refractivity contribution >= 4 is 26.0 Å². The lowest BCUT2D eigenvalue weighted by Crippen LogP contribution is -2.44. The molecule has 0 aliphatic rings. The molecule has 3 N–H and O–H groups in total. The van der Waals surface area contributed by atoms with E-state index < -0.39 is 10.0 Å². The number of hydrogen-bond donors (Lipinski definition) is 2. The number of rotatable bonds is 7. The van der Waals surface area contributed by atoms with Gasteiger partial charge in [0.25, 0.3) is 0 Å². The molecule has 20 heavy (non-hydrogen) atoms. The van der Waals surface area contributed by atoms with Crippen LogP contribution in [0.15, 0.2) is 20.0 Å². The van der Waals surface area contributed by atoms with Crippen LogP contribution in [0.4, 0.5) is 0 Å². The third-order valence-corrected chi connectivity index (χ3v) is 5.22. The topological polar surface area (TPSA) is 88.6 Å². The van der Waals surface area contributed by atoms with Crippen molar-refractivity contribution in [3.05, 3.63) is 16.5 Å². The summed E-state index contributed by atoms with van der Waals surface area (Å²) in [4.78, 5) is 2.03. The van der Waals surface area contributed by atoms with Crippen LogP contribution in [0.2, 0.25) is 0 Å². The fourth-order valence-corrected chi connectivity index (χ4v) is 4.10. The van der Waals surface area contributed by atoms with Gasteiger partial charge in [0.05, 0.1) is 6.54 Å². The Morgan fingerprint density at radius 2 is 2.05 bits per heavy atom. The molecule has 0 saturated carbocycles. The number of likely N-dealkylation sites (N-methyl/N-ethyl adjacent to an activating group) is 1. The molecule has 0 amide bonds. The van der Waals surface area contributed by atoms with Crippen LogP contribution >= 0.6 is 15.9 Å². The van der Waals surface area contributed by atoms with Crippen molar-refractivity contribution in [3.63, 3.8) is 0 Å². The maximum Gasteiger partial charge on any atom is 0.245 e. The van der Waals surface area contributed by atoms with Gasteiger partial charge in [0.1, 0.15) is 10.7 Å². The molecule has 1 aromatic heterocycles. The van der Waals surface area contributed by atoms with Crippen molar-refractivity contribution in [3.8, 4) is 0 Å². The minimum absolute atomic E-state index is 0.0855. The first-order chi connectivity index (χ1) is 9.17. The number of halogens is 1. The van der Waals surface area contributed by atoms with E-state index in [1.165, 1.54) is 6.07 Å². The molecular weight excluding hydrogens is 346 g/mol. The van der Waals surface area contributed by atoms with Gasteiger partial charge in [-0.25, -0.2) is 13.1 Å². The average Bonchev–Trinajstić information content (AvgIpc) is 2.69. The maximum atomic E-state index is 12.4. The van der Waals surface area contributed by atoms with Crippen molar-refractivity contribution in [2.45, 2.75) is 31.3 Å². The second kappa shape index (κ2) is 7.04. The summed E-state index contributed by atoms with van der Waals surface area (Å²) in [5.74, 6) is 0.595. The van der Waals surface area contributed by atoms with Gasteiger partial charge >= 0.3 is 0 Å². The van der Waals surface area contributed by atoms with Crippen molar-refractivity contribution < 1.29 is 12.8 Å². The van der Waals surface area contributed by atoms with Gasteiger partial charge in [-0.15, -0.1) is 0 Å². The van der Waals surface area contributed by atoms with Gasteiger partial charge < -0.3 is 15.1 Å². The van der Waals surface area contributed by atoms with Gasteiger partial charge in [-0.2, -0.15) is 0 Å². The van der Waals surface area contributed by atoms with E-state index in [4.69, 9.17) is 10.2 Å². The van der Waals surface area contributed by atoms with E-state index in [1.54, 1.807) is 0 Å². The van der Waals surface area contributed by atoms with Crippen LogP contribution in [0.3, 0.4) is 0 Å². The minimum atomic E-state index is -3.64. The Morgan fingerprint density at radius 3 is 2.45 bits per heavy atom. The third kappa shape index (κ3) is 4.56. The molecule has 0 aliphatic carbocycles. The monoisotopic (exact) mass is 367 g/mol. The number of sulfonamides is 1. The molecule has 0 aliphatic heterocycles. The van der Waals surface area contributed by atoms with Crippen LogP contribution in [-0.2, 0) is 16.6 Å². The van der Waals surface area contributed by atoms with Gasteiger partial charge in [-0.3, -0.25) is 0 Å². The zero-order valence-electron chi connectivity index (χ0n) is 12.2. The summed E-state index contributed by atoms with van der Waals surface area (Å²) in [7, 11) is 0.171. The standard InChI is InChI=1S/C12H22BrN3O3S/c1-8(2)10(7-16(3)4)15-20(17,18)11-5-9(6-14)19-12(11)13/h5,8,10,15H,6-7,14H2,1-4H3. The van der Waals surface area contributed by atoms with Crippen LogP contribution < -0.4 is 10.5 Å². The fraction of sp³-hybridized carbons (Fsp3) is 0.667. The SMILES string of the molecule is CC(C)C(CN(C)C)NS(=O)(=O)c1cc(CN)oc1Br. The molecule has 1 rings (SSSR count). The molecule has 0 fully saturated rings. The Morgan fingerprint density at radius 1 is 1.45 bits per heavy atom. The van der Waals surface area contributed by atoms with E-state index in [0.29, 0.717) is 12.3 Å². The van der Waals surface area contributed by atoms with Crippen LogP contribution in [0.5, 0.6) is 0 Å². The quantitative estimate of drug-likeness (QED) is 0.759. The van der Waals surface area contributed by atoms with Crippen LogP contribution in [0, 0.1) is 5.92 Å². The largest absolute Gasteiger partial charge is 0.452 e. The molecule has 0 bridgehead atoms. The molecule has 0 radical (unpaired) electrons. The summed E-state index contributed by atoms with van der Waals surface area (Å²) in [5, 5.41) is 0. The van der Waals surface area contributed by atoms with Gasteiger partial charge in [0.2, 0.25) is 10.0 Å². The zero-order valence-corrected chi connectivity index (χ0v) is 14.6. The van der Waals surface area contributed by atoms with Gasteiger partial charge in [0.15, 0.2) is 4.67 Å². The molecular formula is C12H22BrN3O3S. The third-order valence-electron chi connectivity index (χ3n) is 2.87. The minimum Gasteiger partial charge on any atom is -0.452 e. The van der Waals surface area contributed by atoms with E-state index in [0.717, 1.165) is 0 Å². The summed E-state index contributed by atoms with van der Waals surface area (Å²) in [5.41, 5.74) is 5.45. The highest BCUT2D eigenvalue weighted by Crippen LogP contribution is 2.26. The lowest BCUT2D eigenvalue weighted by Gasteiger charge is -2.25. The highest BCUT2D eigenvalue weighted by molar-refractivity contribution is 9.10. The molecule has 0 spiro atoms. The van der Waals surface area contributed by atoms with Crippen molar-refractivity contribution in [2.75, 3.05) is 20.6 Å².